The molecule has 0 spiro atoms. The number of hydrogen-bond donors (Lipinski definition) is 2. The number of anilines is 1. The third-order valence-corrected chi connectivity index (χ3v) is 1.94. The number of rotatable bonds is 3. The predicted octanol–water partition coefficient (Wildman–Crippen LogP) is 1.37. The van der Waals surface area contributed by atoms with Crippen molar-refractivity contribution in [1.29, 1.82) is 0 Å². The summed E-state index contributed by atoms with van der Waals surface area (Å²) < 4.78 is 0. The van der Waals surface area contributed by atoms with Gasteiger partial charge in [-0.3, -0.25) is 0 Å². The Kier molecular flexibility index (Phi) is 2.93. The van der Waals surface area contributed by atoms with Crippen LogP contribution in [0.5, 0.6) is 0 Å². The first-order chi connectivity index (χ1) is 6.81. The Balaban J connectivity index is 2.94. The Hall–Kier alpha value is -1.65. The molecule has 82 valence electrons. The number of carboxylic acids is 1. The summed E-state index contributed by atoms with van der Waals surface area (Å²) in [5.74, 6) is 0.238. The fourth-order valence-electron chi connectivity index (χ4n) is 1.15. The second kappa shape index (κ2) is 3.84. The van der Waals surface area contributed by atoms with Crippen LogP contribution in [0.3, 0.4) is 0 Å². The fraction of sp³-hybridized carbons (Fsp3) is 0.500. The molecule has 0 aliphatic rings. The lowest BCUT2D eigenvalue weighted by atomic mass is 10.1. The van der Waals surface area contributed by atoms with Crippen molar-refractivity contribution < 1.29 is 9.90 Å². The minimum atomic E-state index is -1.03. The maximum Gasteiger partial charge on any atom is 0.328 e. The van der Waals surface area contributed by atoms with E-state index in [1.54, 1.807) is 26.8 Å². The molecule has 0 unspecified atom stereocenters. The van der Waals surface area contributed by atoms with Crippen molar-refractivity contribution in [2.45, 2.75) is 33.2 Å². The molecule has 5 nitrogen and oxygen atoms in total. The lowest BCUT2D eigenvalue weighted by Crippen LogP contribution is -2.40. The summed E-state index contributed by atoms with van der Waals surface area (Å²) in [4.78, 5) is 19.1. The number of aliphatic carboxylic acids is 1. The van der Waals surface area contributed by atoms with E-state index in [1.807, 2.05) is 6.92 Å². The SMILES string of the molecule is Cc1cc(NC(C)(C)C(=O)O)nc(C)n1. The molecule has 0 aliphatic heterocycles. The first-order valence-corrected chi connectivity index (χ1v) is 4.65. The lowest BCUT2D eigenvalue weighted by Gasteiger charge is -2.21. The molecule has 0 aliphatic carbocycles. The van der Waals surface area contributed by atoms with Crippen LogP contribution in [0.15, 0.2) is 6.07 Å². The Morgan fingerprint density at radius 1 is 1.40 bits per heavy atom. The van der Waals surface area contributed by atoms with Crippen molar-refractivity contribution in [2.24, 2.45) is 0 Å². The summed E-state index contributed by atoms with van der Waals surface area (Å²) in [7, 11) is 0. The molecule has 5 heteroatoms. The zero-order valence-electron chi connectivity index (χ0n) is 9.33. The summed E-state index contributed by atoms with van der Waals surface area (Å²) in [6, 6.07) is 1.72. The van der Waals surface area contributed by atoms with Crippen molar-refractivity contribution in [2.75, 3.05) is 5.32 Å². The zero-order valence-corrected chi connectivity index (χ0v) is 9.33. The smallest absolute Gasteiger partial charge is 0.328 e. The minimum absolute atomic E-state index is 0.535. The van der Waals surface area contributed by atoms with E-state index in [0.717, 1.165) is 5.69 Å². The fourth-order valence-corrected chi connectivity index (χ4v) is 1.15. The van der Waals surface area contributed by atoms with Gasteiger partial charge in [-0.15, -0.1) is 0 Å². The van der Waals surface area contributed by atoms with Crippen LogP contribution in [0.4, 0.5) is 5.82 Å². The maximum absolute atomic E-state index is 10.9. The van der Waals surface area contributed by atoms with Gasteiger partial charge in [0.2, 0.25) is 0 Å². The van der Waals surface area contributed by atoms with Gasteiger partial charge in [-0.25, -0.2) is 14.8 Å². The Labute approximate surface area is 88.6 Å². The van der Waals surface area contributed by atoms with Crippen molar-refractivity contribution >= 4 is 11.8 Å². The predicted molar refractivity (Wildman–Crippen MR) is 56.8 cm³/mol. The molecule has 0 radical (unpaired) electrons. The van der Waals surface area contributed by atoms with Gasteiger partial charge in [0, 0.05) is 11.8 Å². The topological polar surface area (TPSA) is 75.1 Å². The highest BCUT2D eigenvalue weighted by molar-refractivity contribution is 5.81. The quantitative estimate of drug-likeness (QED) is 0.786. The average molecular weight is 209 g/mol. The Bertz CT molecular complexity index is 368. The molecule has 0 fully saturated rings. The van der Waals surface area contributed by atoms with Crippen molar-refractivity contribution in [3.63, 3.8) is 0 Å². The van der Waals surface area contributed by atoms with Crippen molar-refractivity contribution in [1.82, 2.24) is 9.97 Å². The minimum Gasteiger partial charge on any atom is -0.480 e. The number of aryl methyl sites for hydroxylation is 2. The highest BCUT2D eigenvalue weighted by Crippen LogP contribution is 2.13. The van der Waals surface area contributed by atoms with Gasteiger partial charge in [-0.05, 0) is 27.7 Å². The van der Waals surface area contributed by atoms with Gasteiger partial charge >= 0.3 is 5.97 Å². The molecule has 1 rings (SSSR count). The lowest BCUT2D eigenvalue weighted by molar-refractivity contribution is -0.141. The van der Waals surface area contributed by atoms with Crippen LogP contribution in [0.2, 0.25) is 0 Å². The Morgan fingerprint density at radius 3 is 2.47 bits per heavy atom. The zero-order chi connectivity index (χ0) is 11.6. The van der Waals surface area contributed by atoms with Gasteiger partial charge in [0.1, 0.15) is 17.2 Å². The molecular weight excluding hydrogens is 194 g/mol. The number of carboxylic acid groups (broad SMARTS) is 1. The van der Waals surface area contributed by atoms with Gasteiger partial charge < -0.3 is 10.4 Å². The van der Waals surface area contributed by atoms with E-state index >= 15 is 0 Å². The third-order valence-electron chi connectivity index (χ3n) is 1.94. The molecular formula is C10H15N3O2. The summed E-state index contributed by atoms with van der Waals surface area (Å²) in [6.45, 7) is 6.78. The molecule has 0 saturated carbocycles. The Morgan fingerprint density at radius 2 is 2.00 bits per heavy atom. The molecule has 1 aromatic rings. The molecule has 2 N–H and O–H groups in total. The highest BCUT2D eigenvalue weighted by atomic mass is 16.4. The number of nitrogens with zero attached hydrogens (tertiary/aromatic N) is 2. The molecule has 1 aromatic heterocycles. The third kappa shape index (κ3) is 2.90. The van der Waals surface area contributed by atoms with E-state index < -0.39 is 11.5 Å². The monoisotopic (exact) mass is 209 g/mol. The maximum atomic E-state index is 10.9. The van der Waals surface area contributed by atoms with E-state index in [-0.39, 0.29) is 0 Å². The molecule has 15 heavy (non-hydrogen) atoms. The largest absolute Gasteiger partial charge is 0.480 e. The second-order valence-corrected chi connectivity index (χ2v) is 4.00. The molecule has 0 atom stereocenters. The molecule has 0 bridgehead atoms. The molecule has 0 aromatic carbocycles. The number of nitrogens with one attached hydrogen (secondary N) is 1. The highest BCUT2D eigenvalue weighted by Gasteiger charge is 2.27. The van der Waals surface area contributed by atoms with E-state index in [4.69, 9.17) is 5.11 Å². The summed E-state index contributed by atoms with van der Waals surface area (Å²) in [5.41, 5.74) is -0.223. The van der Waals surface area contributed by atoms with Crippen LogP contribution in [0.25, 0.3) is 0 Å². The number of hydrogen-bond acceptors (Lipinski definition) is 4. The van der Waals surface area contributed by atoms with Gasteiger partial charge in [-0.2, -0.15) is 0 Å². The van der Waals surface area contributed by atoms with Gasteiger partial charge in [0.05, 0.1) is 0 Å². The van der Waals surface area contributed by atoms with Crippen LogP contribution >= 0.6 is 0 Å². The van der Waals surface area contributed by atoms with Gasteiger partial charge in [0.25, 0.3) is 0 Å². The van der Waals surface area contributed by atoms with Crippen molar-refractivity contribution in [3.05, 3.63) is 17.6 Å². The summed E-state index contributed by atoms with van der Waals surface area (Å²) >= 11 is 0. The number of aromatic nitrogens is 2. The number of carbonyl (C=O) groups is 1. The van der Waals surface area contributed by atoms with Crippen LogP contribution in [-0.2, 0) is 4.79 Å². The van der Waals surface area contributed by atoms with E-state index in [9.17, 15) is 4.79 Å². The van der Waals surface area contributed by atoms with E-state index in [0.29, 0.717) is 11.6 Å². The van der Waals surface area contributed by atoms with Crippen LogP contribution in [-0.4, -0.2) is 26.6 Å². The van der Waals surface area contributed by atoms with Gasteiger partial charge in [-0.1, -0.05) is 0 Å². The summed E-state index contributed by atoms with van der Waals surface area (Å²) in [6.07, 6.45) is 0. The van der Waals surface area contributed by atoms with E-state index in [1.165, 1.54) is 0 Å². The van der Waals surface area contributed by atoms with E-state index in [2.05, 4.69) is 15.3 Å². The van der Waals surface area contributed by atoms with Crippen molar-refractivity contribution in [3.8, 4) is 0 Å². The van der Waals surface area contributed by atoms with Crippen LogP contribution < -0.4 is 5.32 Å². The molecule has 0 amide bonds. The van der Waals surface area contributed by atoms with Crippen LogP contribution in [0, 0.1) is 13.8 Å². The molecule has 0 saturated heterocycles. The van der Waals surface area contributed by atoms with Crippen LogP contribution in [0.1, 0.15) is 25.4 Å². The van der Waals surface area contributed by atoms with Gasteiger partial charge in [0.15, 0.2) is 0 Å². The second-order valence-electron chi connectivity index (χ2n) is 4.00. The average Bonchev–Trinajstić information content (AvgIpc) is 1.99. The standard InChI is InChI=1S/C10H15N3O2/c1-6-5-8(12-7(2)11-6)13-10(3,4)9(14)15/h5H,1-4H3,(H,14,15)(H,11,12,13). The normalized spacial score (nSPS) is 11.2. The first kappa shape index (κ1) is 11.4. The molecule has 1 heterocycles. The first-order valence-electron chi connectivity index (χ1n) is 4.65. The summed E-state index contributed by atoms with van der Waals surface area (Å²) in [5, 5.41) is 11.8.